The summed E-state index contributed by atoms with van der Waals surface area (Å²) in [5.74, 6) is -0.00388. The number of hydrogen-bond donors (Lipinski definition) is 3. The van der Waals surface area contributed by atoms with Gasteiger partial charge < -0.3 is 30.3 Å². The van der Waals surface area contributed by atoms with Crippen molar-refractivity contribution in [1.29, 1.82) is 0 Å². The van der Waals surface area contributed by atoms with Gasteiger partial charge in [-0.25, -0.2) is 9.59 Å². The lowest BCUT2D eigenvalue weighted by molar-refractivity contribution is -0.144. The lowest BCUT2D eigenvalue weighted by Crippen LogP contribution is -2.48. The van der Waals surface area contributed by atoms with Crippen molar-refractivity contribution >= 4 is 47.7 Å². The summed E-state index contributed by atoms with van der Waals surface area (Å²) in [4.78, 5) is 56.3. The van der Waals surface area contributed by atoms with E-state index in [1.54, 1.807) is 43.9 Å². The number of esters is 1. The fraction of sp³-hybridized carbons (Fsp3) is 0.421. The maximum Gasteiger partial charge on any atom is 0.328 e. The molecule has 0 saturated carbocycles. The molecule has 1 aliphatic rings. The number of urea groups is 2. The monoisotopic (exact) mass is 707 g/mol. The van der Waals surface area contributed by atoms with Crippen LogP contribution in [0.15, 0.2) is 72.8 Å². The third kappa shape index (κ3) is 9.76. The summed E-state index contributed by atoms with van der Waals surface area (Å²) in [7, 11) is 1.51. The topological polar surface area (TPSA) is 129 Å². The van der Waals surface area contributed by atoms with Gasteiger partial charge in [0.2, 0.25) is 0 Å². The SMILES string of the molecule is CCOC(=O)C[C@H](NC[C@H](CC(C)C)N1C(=O)N(Cc2ccc(NC(=O)Nc3ccccc3C)c(OC)c2)C(C)(C)C1=O)c1ccccc1.Cl. The van der Waals surface area contributed by atoms with Crippen molar-refractivity contribution in [1.82, 2.24) is 15.1 Å². The zero-order valence-corrected chi connectivity index (χ0v) is 30.8. The Morgan fingerprint density at radius 1 is 0.920 bits per heavy atom. The number of amides is 5. The van der Waals surface area contributed by atoms with E-state index in [-0.39, 0.29) is 61.8 Å². The van der Waals surface area contributed by atoms with Gasteiger partial charge >= 0.3 is 18.0 Å². The van der Waals surface area contributed by atoms with Crippen molar-refractivity contribution in [3.63, 3.8) is 0 Å². The Bertz CT molecular complexity index is 1630. The summed E-state index contributed by atoms with van der Waals surface area (Å²) in [6.07, 6.45) is 0.695. The molecule has 0 spiro atoms. The van der Waals surface area contributed by atoms with Gasteiger partial charge in [-0.2, -0.15) is 0 Å². The van der Waals surface area contributed by atoms with Gasteiger partial charge in [-0.3, -0.25) is 14.5 Å². The molecule has 1 heterocycles. The minimum Gasteiger partial charge on any atom is -0.495 e. The van der Waals surface area contributed by atoms with Crippen molar-refractivity contribution in [2.24, 2.45) is 5.92 Å². The second-order valence-corrected chi connectivity index (χ2v) is 13.2. The molecule has 11 nitrogen and oxygen atoms in total. The molecule has 3 N–H and O–H groups in total. The summed E-state index contributed by atoms with van der Waals surface area (Å²) < 4.78 is 10.8. The van der Waals surface area contributed by atoms with Gasteiger partial charge in [0.15, 0.2) is 0 Å². The Morgan fingerprint density at radius 2 is 1.58 bits per heavy atom. The average Bonchev–Trinajstić information content (AvgIpc) is 3.23. The largest absolute Gasteiger partial charge is 0.495 e. The smallest absolute Gasteiger partial charge is 0.328 e. The standard InChI is InChI=1S/C38H49N5O6.ClH/c1-8-49-34(44)22-32(28-15-10-9-11-16-28)39-23-29(20-25(2)3)43-35(45)38(5,6)42(37(43)47)24-27-18-19-31(33(21-27)48-7)41-36(46)40-30-17-13-12-14-26(30)4;/h9-19,21,25,29,32,39H,8,20,22-24H2,1-7H3,(H2,40,41,46);1H/t29-,32-;/m0./s1. The average molecular weight is 708 g/mol. The van der Waals surface area contributed by atoms with Crippen molar-refractivity contribution in [3.05, 3.63) is 89.5 Å². The van der Waals surface area contributed by atoms with Crippen LogP contribution in [0.2, 0.25) is 0 Å². The Kier molecular flexibility index (Phi) is 14.2. The molecule has 0 unspecified atom stereocenters. The molecule has 3 aromatic rings. The summed E-state index contributed by atoms with van der Waals surface area (Å²) in [6, 6.07) is 20.8. The quantitative estimate of drug-likeness (QED) is 0.112. The highest BCUT2D eigenvalue weighted by atomic mass is 35.5. The molecule has 0 bridgehead atoms. The first kappa shape index (κ1) is 39.8. The number of carbonyl (C=O) groups is 4. The normalized spacial score (nSPS) is 15.0. The molecule has 50 heavy (non-hydrogen) atoms. The molecule has 1 aliphatic heterocycles. The molecular formula is C38H50ClN5O6. The number of aryl methyl sites for hydroxylation is 1. The molecule has 4 rings (SSSR count). The van der Waals surface area contributed by atoms with E-state index in [4.69, 9.17) is 9.47 Å². The number of rotatable bonds is 15. The number of anilines is 2. The summed E-state index contributed by atoms with van der Waals surface area (Å²) in [5, 5.41) is 9.15. The molecule has 1 fully saturated rings. The number of nitrogens with one attached hydrogen (secondary N) is 3. The zero-order chi connectivity index (χ0) is 35.7. The van der Waals surface area contributed by atoms with Gasteiger partial charge in [-0.15, -0.1) is 12.4 Å². The Morgan fingerprint density at radius 3 is 2.22 bits per heavy atom. The van der Waals surface area contributed by atoms with Crippen LogP contribution in [0.1, 0.15) is 70.2 Å². The highest BCUT2D eigenvalue weighted by Gasteiger charge is 2.53. The van der Waals surface area contributed by atoms with Crippen molar-refractivity contribution < 1.29 is 28.7 Å². The number of nitrogens with zero attached hydrogens (tertiary/aromatic N) is 2. The summed E-state index contributed by atoms with van der Waals surface area (Å²) in [6.45, 7) is 12.0. The second-order valence-electron chi connectivity index (χ2n) is 13.2. The van der Waals surface area contributed by atoms with Gasteiger partial charge in [-0.05, 0) is 74.9 Å². The predicted octanol–water partition coefficient (Wildman–Crippen LogP) is 7.31. The van der Waals surface area contributed by atoms with E-state index in [1.807, 2.05) is 61.5 Å². The minimum absolute atomic E-state index is 0. The molecule has 0 radical (unpaired) electrons. The van der Waals surface area contributed by atoms with Gasteiger partial charge in [0.25, 0.3) is 5.91 Å². The van der Waals surface area contributed by atoms with Crippen LogP contribution < -0.4 is 20.7 Å². The van der Waals surface area contributed by atoms with E-state index < -0.39 is 17.6 Å². The number of carbonyl (C=O) groups excluding carboxylic acids is 4. The second kappa shape index (κ2) is 17.9. The fourth-order valence-electron chi connectivity index (χ4n) is 6.04. The van der Waals surface area contributed by atoms with Gasteiger partial charge in [0.1, 0.15) is 11.3 Å². The number of hydrogen-bond acceptors (Lipinski definition) is 7. The molecule has 3 aromatic carbocycles. The lowest BCUT2D eigenvalue weighted by atomic mass is 9.98. The first-order valence-electron chi connectivity index (χ1n) is 16.7. The van der Waals surface area contributed by atoms with Gasteiger partial charge in [0, 0.05) is 24.8 Å². The number of halogens is 1. The number of methoxy groups -OCH3 is 1. The van der Waals surface area contributed by atoms with E-state index in [2.05, 4.69) is 29.8 Å². The maximum atomic E-state index is 14.1. The Balaban J connectivity index is 0.00000676. The fourth-order valence-corrected chi connectivity index (χ4v) is 6.04. The zero-order valence-electron chi connectivity index (χ0n) is 29.9. The van der Waals surface area contributed by atoms with E-state index in [0.717, 1.165) is 16.7 Å². The van der Waals surface area contributed by atoms with Gasteiger partial charge in [-0.1, -0.05) is 68.4 Å². The minimum atomic E-state index is -1.12. The van der Waals surface area contributed by atoms with Crippen LogP contribution in [0.25, 0.3) is 0 Å². The number of ether oxygens (including phenoxy) is 2. The van der Waals surface area contributed by atoms with Crippen LogP contribution in [0.5, 0.6) is 5.75 Å². The third-order valence-corrected chi connectivity index (χ3v) is 8.69. The highest BCUT2D eigenvalue weighted by Crippen LogP contribution is 2.34. The highest BCUT2D eigenvalue weighted by molar-refractivity contribution is 6.07. The van der Waals surface area contributed by atoms with Crippen LogP contribution in [-0.4, -0.2) is 65.6 Å². The molecule has 12 heteroatoms. The Hall–Kier alpha value is -4.61. The lowest BCUT2D eigenvalue weighted by Gasteiger charge is -2.30. The molecule has 270 valence electrons. The van der Waals surface area contributed by atoms with Crippen LogP contribution in [0.3, 0.4) is 0 Å². The molecule has 1 saturated heterocycles. The predicted molar refractivity (Wildman–Crippen MR) is 198 cm³/mol. The first-order chi connectivity index (χ1) is 23.3. The number of benzene rings is 3. The molecule has 5 amide bonds. The van der Waals surface area contributed by atoms with E-state index >= 15 is 0 Å². The van der Waals surface area contributed by atoms with E-state index in [9.17, 15) is 19.2 Å². The third-order valence-electron chi connectivity index (χ3n) is 8.69. The van der Waals surface area contributed by atoms with E-state index in [0.29, 0.717) is 30.1 Å². The number of imide groups is 1. The maximum absolute atomic E-state index is 14.1. The van der Waals surface area contributed by atoms with Crippen LogP contribution in [0, 0.1) is 12.8 Å². The molecule has 0 aliphatic carbocycles. The molecule has 2 atom stereocenters. The first-order valence-corrected chi connectivity index (χ1v) is 16.7. The van der Waals surface area contributed by atoms with Crippen molar-refractivity contribution in [3.8, 4) is 5.75 Å². The molecular weight excluding hydrogens is 658 g/mol. The Labute approximate surface area is 301 Å². The van der Waals surface area contributed by atoms with Crippen LogP contribution in [0.4, 0.5) is 21.0 Å². The van der Waals surface area contributed by atoms with Crippen molar-refractivity contribution in [2.75, 3.05) is 30.9 Å². The summed E-state index contributed by atoms with van der Waals surface area (Å²) in [5.41, 5.74) is 2.61. The summed E-state index contributed by atoms with van der Waals surface area (Å²) >= 11 is 0. The van der Waals surface area contributed by atoms with Crippen LogP contribution >= 0.6 is 12.4 Å². The van der Waals surface area contributed by atoms with Crippen molar-refractivity contribution in [2.45, 2.75) is 78.6 Å². The molecule has 0 aromatic heterocycles. The van der Waals surface area contributed by atoms with E-state index in [1.165, 1.54) is 12.0 Å². The van der Waals surface area contributed by atoms with Gasteiger partial charge in [0.05, 0.1) is 31.9 Å². The number of para-hydroxylation sites is 1. The van der Waals surface area contributed by atoms with Crippen LogP contribution in [-0.2, 0) is 20.9 Å².